The van der Waals surface area contributed by atoms with Gasteiger partial charge >= 0.3 is 0 Å². The van der Waals surface area contributed by atoms with Crippen LogP contribution in [0.3, 0.4) is 0 Å². The zero-order valence-corrected chi connectivity index (χ0v) is 16.9. The molecule has 1 saturated heterocycles. The smallest absolute Gasteiger partial charge is 0.243 e. The molecule has 0 unspecified atom stereocenters. The first kappa shape index (κ1) is 20.1. The molecule has 0 spiro atoms. The van der Waals surface area contributed by atoms with Crippen molar-refractivity contribution in [3.05, 3.63) is 59.2 Å². The quantitative estimate of drug-likeness (QED) is 0.806. The van der Waals surface area contributed by atoms with Crippen LogP contribution in [0.25, 0.3) is 0 Å². The molecular formula is C22H24N2O3S. The number of hydrogen-bond donors (Lipinski definition) is 1. The molecule has 1 N–H and O–H groups in total. The summed E-state index contributed by atoms with van der Waals surface area (Å²) in [6, 6.07) is 12.3. The number of piperidine rings is 1. The number of benzene rings is 2. The third-order valence-electron chi connectivity index (χ3n) is 5.24. The minimum atomic E-state index is -3.54. The van der Waals surface area contributed by atoms with Crippen molar-refractivity contribution in [1.29, 1.82) is 0 Å². The molecule has 0 radical (unpaired) electrons. The molecule has 5 nitrogen and oxygen atoms in total. The zero-order valence-electron chi connectivity index (χ0n) is 16.1. The number of hydrogen-bond acceptors (Lipinski definition) is 3. The van der Waals surface area contributed by atoms with Crippen LogP contribution in [0.2, 0.25) is 0 Å². The van der Waals surface area contributed by atoms with Crippen molar-refractivity contribution in [2.75, 3.05) is 18.4 Å². The fourth-order valence-electron chi connectivity index (χ4n) is 3.31. The summed E-state index contributed by atoms with van der Waals surface area (Å²) >= 11 is 0. The van der Waals surface area contributed by atoms with Gasteiger partial charge in [-0.2, -0.15) is 4.31 Å². The molecular weight excluding hydrogens is 372 g/mol. The Balaban J connectivity index is 1.64. The molecule has 0 aliphatic carbocycles. The van der Waals surface area contributed by atoms with Crippen molar-refractivity contribution in [2.45, 2.75) is 31.6 Å². The van der Waals surface area contributed by atoms with E-state index < -0.39 is 10.0 Å². The Bertz CT molecular complexity index is 1030. The van der Waals surface area contributed by atoms with Gasteiger partial charge in [-0.05, 0) is 68.1 Å². The van der Waals surface area contributed by atoms with Gasteiger partial charge in [0.1, 0.15) is 0 Å². The van der Waals surface area contributed by atoms with Crippen LogP contribution in [-0.4, -0.2) is 31.7 Å². The minimum Gasteiger partial charge on any atom is -0.326 e. The summed E-state index contributed by atoms with van der Waals surface area (Å²) in [6.45, 7) is 4.52. The average Bonchev–Trinajstić information content (AvgIpc) is 2.70. The van der Waals surface area contributed by atoms with E-state index in [0.29, 0.717) is 42.1 Å². The van der Waals surface area contributed by atoms with Crippen LogP contribution in [0.5, 0.6) is 0 Å². The van der Waals surface area contributed by atoms with Gasteiger partial charge in [0.05, 0.1) is 4.90 Å². The van der Waals surface area contributed by atoms with Crippen LogP contribution in [0, 0.1) is 32.1 Å². The van der Waals surface area contributed by atoms with Gasteiger partial charge in [-0.15, -0.1) is 6.42 Å². The molecule has 6 heteroatoms. The third-order valence-corrected chi connectivity index (χ3v) is 7.13. The monoisotopic (exact) mass is 396 g/mol. The van der Waals surface area contributed by atoms with Gasteiger partial charge in [-0.3, -0.25) is 4.79 Å². The lowest BCUT2D eigenvalue weighted by atomic mass is 9.97. The number of terminal acetylenes is 1. The van der Waals surface area contributed by atoms with Crippen molar-refractivity contribution in [3.8, 4) is 12.3 Å². The van der Waals surface area contributed by atoms with Gasteiger partial charge in [0, 0.05) is 30.3 Å². The predicted molar refractivity (Wildman–Crippen MR) is 110 cm³/mol. The number of sulfonamides is 1. The third kappa shape index (κ3) is 4.27. The lowest BCUT2D eigenvalue weighted by Crippen LogP contribution is -2.41. The van der Waals surface area contributed by atoms with E-state index in [0.717, 1.165) is 11.1 Å². The second-order valence-corrected chi connectivity index (χ2v) is 9.08. The summed E-state index contributed by atoms with van der Waals surface area (Å²) in [7, 11) is -3.54. The standard InChI is InChI=1S/C22H24N2O3S/c1-4-18-6-5-7-20(15-18)23-22(25)19-10-12-24(13-11-19)28(26,27)21-9-8-16(2)17(3)14-21/h1,5-9,14-15,19H,10-13H2,2-3H3,(H,23,25). The predicted octanol–water partition coefficient (Wildman–Crippen LogP) is 3.32. The van der Waals surface area contributed by atoms with E-state index in [-0.39, 0.29) is 11.8 Å². The highest BCUT2D eigenvalue weighted by atomic mass is 32.2. The average molecular weight is 397 g/mol. The Kier molecular flexibility index (Phi) is 5.87. The fraction of sp³-hybridized carbons (Fsp3) is 0.318. The van der Waals surface area contributed by atoms with Crippen molar-refractivity contribution >= 4 is 21.6 Å². The lowest BCUT2D eigenvalue weighted by molar-refractivity contribution is -0.120. The maximum atomic E-state index is 12.9. The van der Waals surface area contributed by atoms with Gasteiger partial charge in [-0.1, -0.05) is 18.1 Å². The molecule has 3 rings (SSSR count). The Morgan fingerprint density at radius 3 is 2.46 bits per heavy atom. The molecule has 1 aliphatic heterocycles. The zero-order chi connectivity index (χ0) is 20.3. The van der Waals surface area contributed by atoms with Crippen molar-refractivity contribution in [2.24, 2.45) is 5.92 Å². The molecule has 1 amide bonds. The maximum absolute atomic E-state index is 12.9. The molecule has 2 aromatic carbocycles. The number of aryl methyl sites for hydroxylation is 2. The summed E-state index contributed by atoms with van der Waals surface area (Å²) in [6.07, 6.45) is 6.37. The number of carbonyl (C=O) groups is 1. The van der Waals surface area contributed by atoms with Crippen molar-refractivity contribution in [1.82, 2.24) is 4.31 Å². The first-order valence-corrected chi connectivity index (χ1v) is 10.7. The summed E-state index contributed by atoms with van der Waals surface area (Å²) in [5.74, 6) is 2.22. The van der Waals surface area contributed by atoms with E-state index in [1.165, 1.54) is 4.31 Å². The molecule has 0 aromatic heterocycles. The van der Waals surface area contributed by atoms with E-state index in [2.05, 4.69) is 11.2 Å². The highest BCUT2D eigenvalue weighted by molar-refractivity contribution is 7.89. The number of anilines is 1. The van der Waals surface area contributed by atoms with Crippen LogP contribution >= 0.6 is 0 Å². The summed E-state index contributed by atoms with van der Waals surface area (Å²) in [5, 5.41) is 2.88. The Morgan fingerprint density at radius 1 is 1.11 bits per heavy atom. The number of nitrogens with zero attached hydrogens (tertiary/aromatic N) is 1. The van der Waals surface area contributed by atoms with Gasteiger partial charge in [0.25, 0.3) is 0 Å². The van der Waals surface area contributed by atoms with Crippen molar-refractivity contribution < 1.29 is 13.2 Å². The largest absolute Gasteiger partial charge is 0.326 e. The molecule has 0 atom stereocenters. The molecule has 28 heavy (non-hydrogen) atoms. The minimum absolute atomic E-state index is 0.0996. The molecule has 0 saturated carbocycles. The van der Waals surface area contributed by atoms with Crippen LogP contribution in [-0.2, 0) is 14.8 Å². The van der Waals surface area contributed by atoms with E-state index in [9.17, 15) is 13.2 Å². The van der Waals surface area contributed by atoms with Gasteiger partial charge in [-0.25, -0.2) is 8.42 Å². The molecule has 2 aromatic rings. The first-order valence-electron chi connectivity index (χ1n) is 9.26. The van der Waals surface area contributed by atoms with Gasteiger partial charge in [0.2, 0.25) is 15.9 Å². The van der Waals surface area contributed by atoms with Gasteiger partial charge in [0.15, 0.2) is 0 Å². The van der Waals surface area contributed by atoms with Gasteiger partial charge < -0.3 is 5.32 Å². The van der Waals surface area contributed by atoms with E-state index in [1.54, 1.807) is 36.4 Å². The summed E-state index contributed by atoms with van der Waals surface area (Å²) in [5.41, 5.74) is 3.37. The number of carbonyl (C=O) groups excluding carboxylic acids is 1. The van der Waals surface area contributed by atoms with Crippen LogP contribution in [0.4, 0.5) is 5.69 Å². The van der Waals surface area contributed by atoms with E-state index >= 15 is 0 Å². The number of amides is 1. The second-order valence-electron chi connectivity index (χ2n) is 7.14. The highest BCUT2D eigenvalue weighted by Gasteiger charge is 2.32. The maximum Gasteiger partial charge on any atom is 0.243 e. The normalized spacial score (nSPS) is 15.8. The Labute approximate surface area is 166 Å². The van der Waals surface area contributed by atoms with E-state index in [1.807, 2.05) is 19.9 Å². The van der Waals surface area contributed by atoms with E-state index in [4.69, 9.17) is 6.42 Å². The molecule has 1 fully saturated rings. The summed E-state index contributed by atoms with van der Waals surface area (Å²) < 4.78 is 27.3. The summed E-state index contributed by atoms with van der Waals surface area (Å²) in [4.78, 5) is 12.9. The van der Waals surface area contributed by atoms with Crippen LogP contribution in [0.1, 0.15) is 29.5 Å². The Hall–Kier alpha value is -2.62. The SMILES string of the molecule is C#Cc1cccc(NC(=O)C2CCN(S(=O)(=O)c3ccc(C)c(C)c3)CC2)c1. The first-order chi connectivity index (χ1) is 13.3. The molecule has 1 aliphatic rings. The second kappa shape index (κ2) is 8.17. The number of nitrogens with one attached hydrogen (secondary N) is 1. The molecule has 1 heterocycles. The fourth-order valence-corrected chi connectivity index (χ4v) is 4.87. The molecule has 146 valence electrons. The van der Waals surface area contributed by atoms with Crippen LogP contribution in [0.15, 0.2) is 47.4 Å². The lowest BCUT2D eigenvalue weighted by Gasteiger charge is -2.30. The topological polar surface area (TPSA) is 66.5 Å². The molecule has 0 bridgehead atoms. The van der Waals surface area contributed by atoms with Crippen LogP contribution < -0.4 is 5.32 Å². The number of rotatable bonds is 4. The van der Waals surface area contributed by atoms with Crippen molar-refractivity contribution in [3.63, 3.8) is 0 Å². The Morgan fingerprint density at radius 2 is 1.82 bits per heavy atom. The highest BCUT2D eigenvalue weighted by Crippen LogP contribution is 2.26.